The second kappa shape index (κ2) is 9.82. The number of carboxylic acid groups (broad SMARTS) is 1. The Morgan fingerprint density at radius 2 is 2.21 bits per heavy atom. The Morgan fingerprint density at radius 3 is 2.90 bits per heavy atom. The lowest BCUT2D eigenvalue weighted by atomic mass is 10.0. The summed E-state index contributed by atoms with van der Waals surface area (Å²) in [6, 6.07) is 5.81. The molecule has 2 atom stereocenters. The number of aromatic nitrogens is 2. The number of halogens is 1. The fourth-order valence-electron chi connectivity index (χ4n) is 4.14. The number of benzene rings is 1. The van der Waals surface area contributed by atoms with Crippen LogP contribution in [0.3, 0.4) is 0 Å². The summed E-state index contributed by atoms with van der Waals surface area (Å²) in [6.45, 7) is 7.11. The van der Waals surface area contributed by atoms with Gasteiger partial charge >= 0.3 is 5.97 Å². The van der Waals surface area contributed by atoms with Crippen molar-refractivity contribution in [2.24, 2.45) is 0 Å². The monoisotopic (exact) mass is 464 g/mol. The summed E-state index contributed by atoms with van der Waals surface area (Å²) in [5.74, 6) is 0.0456. The Balaban J connectivity index is 1.98. The largest absolute Gasteiger partial charge is 0.481 e. The van der Waals surface area contributed by atoms with Gasteiger partial charge in [-0.2, -0.15) is 0 Å². The van der Waals surface area contributed by atoms with Gasteiger partial charge in [0.05, 0.1) is 16.9 Å². The first-order chi connectivity index (χ1) is 13.9. The second-order valence-electron chi connectivity index (χ2n) is 7.56. The highest BCUT2D eigenvalue weighted by Gasteiger charge is 2.29. The zero-order valence-electron chi connectivity index (χ0n) is 17.0. The number of fused-ring (bicyclic) bond motifs is 1. The third kappa shape index (κ3) is 5.05. The maximum atomic E-state index is 13.2. The summed E-state index contributed by atoms with van der Waals surface area (Å²) in [7, 11) is 0. The smallest absolute Gasteiger partial charge is 0.303 e. The average Bonchev–Trinajstić information content (AvgIpc) is 2.71. The number of hydrogen-bond donors (Lipinski definition) is 2. The highest BCUT2D eigenvalue weighted by molar-refractivity contribution is 9.10. The van der Waals surface area contributed by atoms with E-state index in [4.69, 9.17) is 10.1 Å². The maximum Gasteiger partial charge on any atom is 0.303 e. The molecule has 2 N–H and O–H groups in total. The molecule has 158 valence electrons. The molecule has 0 unspecified atom stereocenters. The molecule has 2 heterocycles. The maximum absolute atomic E-state index is 13.2. The summed E-state index contributed by atoms with van der Waals surface area (Å²) in [4.78, 5) is 31.4. The molecule has 1 saturated heterocycles. The fraction of sp³-hybridized carbons (Fsp3) is 0.571. The number of nitrogens with zero attached hydrogens (tertiary/aromatic N) is 3. The molecule has 0 radical (unpaired) electrons. The topological polar surface area (TPSA) is 87.5 Å². The predicted molar refractivity (Wildman–Crippen MR) is 117 cm³/mol. The lowest BCUT2D eigenvalue weighted by Gasteiger charge is -2.39. The van der Waals surface area contributed by atoms with Crippen LogP contribution in [0.1, 0.15) is 51.4 Å². The number of carbonyl (C=O) groups is 1. The lowest BCUT2D eigenvalue weighted by Crippen LogP contribution is -2.52. The van der Waals surface area contributed by atoms with E-state index in [9.17, 15) is 9.59 Å². The van der Waals surface area contributed by atoms with Gasteiger partial charge in [-0.05, 0) is 38.0 Å². The van der Waals surface area contributed by atoms with Crippen LogP contribution >= 0.6 is 15.9 Å². The highest BCUT2D eigenvalue weighted by atomic mass is 79.9. The molecule has 29 heavy (non-hydrogen) atoms. The van der Waals surface area contributed by atoms with Crippen molar-refractivity contribution in [2.45, 2.75) is 58.2 Å². The minimum Gasteiger partial charge on any atom is -0.481 e. The van der Waals surface area contributed by atoms with Crippen molar-refractivity contribution in [3.8, 4) is 0 Å². The lowest BCUT2D eigenvalue weighted by molar-refractivity contribution is -0.137. The standard InChI is InChI=1S/C21H29BrN4O3/c1-3-5-18(25-11-10-23-15(13-25)7-9-19(27)28)20-24-17-8-6-14(22)12-16(17)21(29)26(20)4-2/h6,8,12,15,18,23H,3-5,7,9-11,13H2,1-2H3,(H,27,28)/t15-,18-/m0/s1. The van der Waals surface area contributed by atoms with Gasteiger partial charge in [-0.25, -0.2) is 4.98 Å². The molecule has 1 aliphatic rings. The van der Waals surface area contributed by atoms with Gasteiger partial charge in [0.25, 0.3) is 5.56 Å². The molecule has 3 rings (SSSR count). The summed E-state index contributed by atoms with van der Waals surface area (Å²) >= 11 is 3.45. The third-order valence-electron chi connectivity index (χ3n) is 5.56. The quantitative estimate of drug-likeness (QED) is 0.623. The molecule has 1 aromatic heterocycles. The van der Waals surface area contributed by atoms with Crippen molar-refractivity contribution in [3.05, 3.63) is 38.9 Å². The Kier molecular flexibility index (Phi) is 7.43. The van der Waals surface area contributed by atoms with Gasteiger partial charge in [-0.15, -0.1) is 0 Å². The molecule has 0 aliphatic carbocycles. The van der Waals surface area contributed by atoms with Crippen molar-refractivity contribution in [1.82, 2.24) is 19.8 Å². The van der Waals surface area contributed by atoms with Gasteiger partial charge < -0.3 is 10.4 Å². The van der Waals surface area contributed by atoms with Crippen molar-refractivity contribution in [3.63, 3.8) is 0 Å². The fourth-order valence-corrected chi connectivity index (χ4v) is 4.51. The summed E-state index contributed by atoms with van der Waals surface area (Å²) in [5.41, 5.74) is 0.712. The van der Waals surface area contributed by atoms with E-state index in [1.54, 1.807) is 4.57 Å². The molecule has 8 heteroatoms. The van der Waals surface area contributed by atoms with E-state index in [1.165, 1.54) is 0 Å². The van der Waals surface area contributed by atoms with Crippen LogP contribution < -0.4 is 10.9 Å². The molecule has 0 amide bonds. The van der Waals surface area contributed by atoms with E-state index in [-0.39, 0.29) is 24.1 Å². The highest BCUT2D eigenvalue weighted by Crippen LogP contribution is 2.27. The number of hydrogen-bond acceptors (Lipinski definition) is 5. The van der Waals surface area contributed by atoms with E-state index in [0.29, 0.717) is 18.4 Å². The number of rotatable bonds is 8. The van der Waals surface area contributed by atoms with Gasteiger partial charge in [-0.1, -0.05) is 29.3 Å². The molecule has 1 fully saturated rings. The normalized spacial score (nSPS) is 18.8. The van der Waals surface area contributed by atoms with Crippen molar-refractivity contribution in [1.29, 1.82) is 0 Å². The molecular weight excluding hydrogens is 436 g/mol. The van der Waals surface area contributed by atoms with Crippen LogP contribution in [0.5, 0.6) is 0 Å². The Bertz CT molecular complexity index is 930. The zero-order valence-corrected chi connectivity index (χ0v) is 18.6. The van der Waals surface area contributed by atoms with Crippen LogP contribution in [0.4, 0.5) is 0 Å². The van der Waals surface area contributed by atoms with E-state index in [0.717, 1.165) is 48.3 Å². The van der Waals surface area contributed by atoms with Crippen molar-refractivity contribution < 1.29 is 9.90 Å². The Morgan fingerprint density at radius 1 is 1.41 bits per heavy atom. The molecule has 1 aromatic carbocycles. The number of carboxylic acids is 1. The minimum absolute atomic E-state index is 0.00698. The number of piperazine rings is 1. The van der Waals surface area contributed by atoms with Crippen LogP contribution in [0.2, 0.25) is 0 Å². The second-order valence-corrected chi connectivity index (χ2v) is 8.48. The Labute approximate surface area is 179 Å². The van der Waals surface area contributed by atoms with Crippen molar-refractivity contribution >= 4 is 32.8 Å². The van der Waals surface area contributed by atoms with Crippen molar-refractivity contribution in [2.75, 3.05) is 19.6 Å². The van der Waals surface area contributed by atoms with Gasteiger partial charge in [0.15, 0.2) is 0 Å². The van der Waals surface area contributed by atoms with Crippen LogP contribution in [-0.4, -0.2) is 51.2 Å². The molecule has 0 spiro atoms. The predicted octanol–water partition coefficient (Wildman–Crippen LogP) is 3.16. The third-order valence-corrected chi connectivity index (χ3v) is 6.05. The molecule has 1 aliphatic heterocycles. The van der Waals surface area contributed by atoms with Gasteiger partial charge in [0, 0.05) is 43.1 Å². The van der Waals surface area contributed by atoms with Crippen LogP contribution in [-0.2, 0) is 11.3 Å². The number of aliphatic carboxylic acids is 1. The first-order valence-corrected chi connectivity index (χ1v) is 11.1. The first-order valence-electron chi connectivity index (χ1n) is 10.3. The summed E-state index contributed by atoms with van der Waals surface area (Å²) < 4.78 is 2.66. The van der Waals surface area contributed by atoms with Crippen LogP contribution in [0.15, 0.2) is 27.5 Å². The van der Waals surface area contributed by atoms with Crippen LogP contribution in [0.25, 0.3) is 10.9 Å². The molecule has 0 saturated carbocycles. The van der Waals surface area contributed by atoms with E-state index in [2.05, 4.69) is 33.1 Å². The first kappa shape index (κ1) is 21.9. The van der Waals surface area contributed by atoms with Gasteiger partial charge in [0.1, 0.15) is 5.82 Å². The van der Waals surface area contributed by atoms with E-state index < -0.39 is 5.97 Å². The van der Waals surface area contributed by atoms with E-state index >= 15 is 0 Å². The molecule has 0 bridgehead atoms. The van der Waals surface area contributed by atoms with E-state index in [1.807, 2.05) is 25.1 Å². The number of nitrogens with one attached hydrogen (secondary N) is 1. The van der Waals surface area contributed by atoms with Gasteiger partial charge in [-0.3, -0.25) is 19.1 Å². The zero-order chi connectivity index (χ0) is 21.0. The summed E-state index contributed by atoms with van der Waals surface area (Å²) in [6.07, 6.45) is 2.64. The average molecular weight is 465 g/mol. The van der Waals surface area contributed by atoms with Crippen LogP contribution in [0, 0.1) is 0 Å². The SMILES string of the molecule is CCC[C@@H](c1nc2ccc(Br)cc2c(=O)n1CC)N1CCN[C@@H](CCC(=O)O)C1. The Hall–Kier alpha value is -1.77. The van der Waals surface area contributed by atoms with Gasteiger partial charge in [0.2, 0.25) is 0 Å². The molecular formula is C21H29BrN4O3. The molecule has 7 nitrogen and oxygen atoms in total. The molecule has 2 aromatic rings. The summed E-state index contributed by atoms with van der Waals surface area (Å²) in [5, 5.41) is 13.1. The minimum atomic E-state index is -0.767.